The molecule has 21 heavy (non-hydrogen) atoms. The van der Waals surface area contributed by atoms with Crippen LogP contribution in [0.4, 0.5) is 0 Å². The predicted octanol–water partition coefficient (Wildman–Crippen LogP) is 3.29. The number of halogens is 1. The van der Waals surface area contributed by atoms with Gasteiger partial charge in [0.05, 0.1) is 6.61 Å². The van der Waals surface area contributed by atoms with Crippen LogP contribution in [-0.4, -0.2) is 37.1 Å². The van der Waals surface area contributed by atoms with Gasteiger partial charge in [0.1, 0.15) is 5.75 Å². The average Bonchev–Trinajstić information content (AvgIpc) is 2.47. The summed E-state index contributed by atoms with van der Waals surface area (Å²) in [5, 5.41) is 0. The van der Waals surface area contributed by atoms with E-state index in [1.54, 1.807) is 0 Å². The van der Waals surface area contributed by atoms with Crippen LogP contribution in [0.2, 0.25) is 0 Å². The van der Waals surface area contributed by atoms with Crippen LogP contribution >= 0.6 is 24.0 Å². The first-order chi connectivity index (χ1) is 9.71. The number of hydrogen-bond donors (Lipinski definition) is 1. The van der Waals surface area contributed by atoms with E-state index in [0.717, 1.165) is 38.3 Å². The SMILES string of the molecule is CCCOc1cccc(CCN=C(N)N(CC)CC)c1.I. The van der Waals surface area contributed by atoms with E-state index in [4.69, 9.17) is 10.5 Å². The van der Waals surface area contributed by atoms with Gasteiger partial charge in [0.15, 0.2) is 5.96 Å². The van der Waals surface area contributed by atoms with Crippen molar-refractivity contribution in [3.05, 3.63) is 29.8 Å². The molecule has 0 radical (unpaired) electrons. The Labute approximate surface area is 145 Å². The molecule has 1 aromatic carbocycles. The number of guanidine groups is 1. The van der Waals surface area contributed by atoms with Gasteiger partial charge in [0, 0.05) is 19.6 Å². The van der Waals surface area contributed by atoms with Gasteiger partial charge in [-0.2, -0.15) is 0 Å². The number of ether oxygens (including phenoxy) is 1. The number of rotatable bonds is 8. The first-order valence-electron chi connectivity index (χ1n) is 7.47. The van der Waals surface area contributed by atoms with Crippen molar-refractivity contribution in [2.24, 2.45) is 10.7 Å². The van der Waals surface area contributed by atoms with E-state index in [2.05, 4.69) is 42.8 Å². The lowest BCUT2D eigenvalue weighted by Crippen LogP contribution is -2.37. The molecule has 0 aliphatic carbocycles. The highest BCUT2D eigenvalue weighted by atomic mass is 127. The fraction of sp³-hybridized carbons (Fsp3) is 0.562. The normalized spacial score (nSPS) is 10.9. The maximum Gasteiger partial charge on any atom is 0.191 e. The van der Waals surface area contributed by atoms with Crippen LogP contribution in [0.3, 0.4) is 0 Å². The molecule has 5 heteroatoms. The molecule has 0 saturated carbocycles. The van der Waals surface area contributed by atoms with Gasteiger partial charge >= 0.3 is 0 Å². The minimum Gasteiger partial charge on any atom is -0.494 e. The lowest BCUT2D eigenvalue weighted by Gasteiger charge is -2.19. The van der Waals surface area contributed by atoms with E-state index in [-0.39, 0.29) is 24.0 Å². The molecule has 1 rings (SSSR count). The fourth-order valence-electron chi connectivity index (χ4n) is 1.96. The highest BCUT2D eigenvalue weighted by molar-refractivity contribution is 14.0. The molecule has 0 fully saturated rings. The topological polar surface area (TPSA) is 50.9 Å². The second-order valence-corrected chi connectivity index (χ2v) is 4.66. The predicted molar refractivity (Wildman–Crippen MR) is 101 cm³/mol. The molecule has 4 nitrogen and oxygen atoms in total. The van der Waals surface area contributed by atoms with Crippen molar-refractivity contribution in [3.8, 4) is 5.75 Å². The third-order valence-electron chi connectivity index (χ3n) is 3.13. The molecule has 0 spiro atoms. The van der Waals surface area contributed by atoms with Crippen LogP contribution < -0.4 is 10.5 Å². The van der Waals surface area contributed by atoms with Crippen LogP contribution in [0.1, 0.15) is 32.8 Å². The van der Waals surface area contributed by atoms with Gasteiger partial charge in [-0.25, -0.2) is 0 Å². The average molecular weight is 405 g/mol. The van der Waals surface area contributed by atoms with Gasteiger partial charge in [0.2, 0.25) is 0 Å². The summed E-state index contributed by atoms with van der Waals surface area (Å²) in [6, 6.07) is 8.20. The van der Waals surface area contributed by atoms with E-state index >= 15 is 0 Å². The van der Waals surface area contributed by atoms with Crippen molar-refractivity contribution in [1.82, 2.24) is 4.90 Å². The molecular weight excluding hydrogens is 377 g/mol. The van der Waals surface area contributed by atoms with Crippen molar-refractivity contribution in [2.75, 3.05) is 26.2 Å². The third-order valence-corrected chi connectivity index (χ3v) is 3.13. The Hall–Kier alpha value is -0.980. The van der Waals surface area contributed by atoms with Gasteiger partial charge in [-0.1, -0.05) is 19.1 Å². The molecule has 0 unspecified atom stereocenters. The first kappa shape index (κ1) is 20.0. The van der Waals surface area contributed by atoms with Crippen LogP contribution in [0.5, 0.6) is 5.75 Å². The molecule has 0 atom stereocenters. The summed E-state index contributed by atoms with van der Waals surface area (Å²) >= 11 is 0. The van der Waals surface area contributed by atoms with Crippen LogP contribution in [0.25, 0.3) is 0 Å². The molecule has 0 bridgehead atoms. The quantitative estimate of drug-likeness (QED) is 0.410. The second kappa shape index (κ2) is 11.7. The number of hydrogen-bond acceptors (Lipinski definition) is 2. The van der Waals surface area contributed by atoms with Gasteiger partial charge in [0.25, 0.3) is 0 Å². The standard InChI is InChI=1S/C16H27N3O.HI/c1-4-12-20-15-9-7-8-14(13-15)10-11-18-16(17)19(5-2)6-3;/h7-9,13H,4-6,10-12H2,1-3H3,(H2,17,18);1H. The highest BCUT2D eigenvalue weighted by Crippen LogP contribution is 2.14. The Morgan fingerprint density at radius 3 is 2.57 bits per heavy atom. The second-order valence-electron chi connectivity index (χ2n) is 4.66. The number of nitrogens with two attached hydrogens (primary N) is 1. The zero-order valence-corrected chi connectivity index (χ0v) is 15.7. The summed E-state index contributed by atoms with van der Waals surface area (Å²) < 4.78 is 5.63. The molecule has 0 aromatic heterocycles. The van der Waals surface area contributed by atoms with Crippen molar-refractivity contribution in [3.63, 3.8) is 0 Å². The van der Waals surface area contributed by atoms with Gasteiger partial charge in [-0.05, 0) is 44.4 Å². The van der Waals surface area contributed by atoms with Gasteiger partial charge < -0.3 is 15.4 Å². The number of nitrogens with zero attached hydrogens (tertiary/aromatic N) is 2. The van der Waals surface area contributed by atoms with E-state index < -0.39 is 0 Å². The fourth-order valence-corrected chi connectivity index (χ4v) is 1.96. The summed E-state index contributed by atoms with van der Waals surface area (Å²) in [6.07, 6.45) is 1.90. The van der Waals surface area contributed by atoms with E-state index in [1.807, 2.05) is 12.1 Å². The third kappa shape index (κ3) is 7.55. The number of aliphatic imine (C=N–C) groups is 1. The first-order valence-corrected chi connectivity index (χ1v) is 7.47. The molecule has 0 saturated heterocycles. The van der Waals surface area contributed by atoms with Gasteiger partial charge in [-0.15, -0.1) is 24.0 Å². The molecular formula is C16H28IN3O. The van der Waals surface area contributed by atoms with E-state index in [9.17, 15) is 0 Å². The van der Waals surface area contributed by atoms with E-state index in [1.165, 1.54) is 5.56 Å². The highest BCUT2D eigenvalue weighted by Gasteiger charge is 2.02. The molecule has 1 aromatic rings. The smallest absolute Gasteiger partial charge is 0.191 e. The maximum atomic E-state index is 5.95. The molecule has 120 valence electrons. The molecule has 0 aliphatic rings. The Morgan fingerprint density at radius 1 is 1.24 bits per heavy atom. The van der Waals surface area contributed by atoms with Gasteiger partial charge in [-0.3, -0.25) is 4.99 Å². The minimum atomic E-state index is 0. The summed E-state index contributed by atoms with van der Waals surface area (Å²) in [6.45, 7) is 9.53. The Morgan fingerprint density at radius 2 is 1.95 bits per heavy atom. The summed E-state index contributed by atoms with van der Waals surface area (Å²) in [5.74, 6) is 1.57. The monoisotopic (exact) mass is 405 g/mol. The van der Waals surface area contributed by atoms with Crippen LogP contribution in [0.15, 0.2) is 29.3 Å². The van der Waals surface area contributed by atoms with E-state index in [0.29, 0.717) is 12.5 Å². The molecule has 0 heterocycles. The summed E-state index contributed by atoms with van der Waals surface area (Å²) in [4.78, 5) is 6.49. The van der Waals surface area contributed by atoms with Crippen LogP contribution in [-0.2, 0) is 6.42 Å². The summed E-state index contributed by atoms with van der Waals surface area (Å²) in [7, 11) is 0. The van der Waals surface area contributed by atoms with Crippen molar-refractivity contribution < 1.29 is 4.74 Å². The Balaban J connectivity index is 0.00000400. The van der Waals surface area contributed by atoms with Crippen molar-refractivity contribution >= 4 is 29.9 Å². The lowest BCUT2D eigenvalue weighted by atomic mass is 10.1. The Bertz CT molecular complexity index is 420. The summed E-state index contributed by atoms with van der Waals surface area (Å²) in [5.41, 5.74) is 7.18. The minimum absolute atomic E-state index is 0. The molecule has 2 N–H and O–H groups in total. The largest absolute Gasteiger partial charge is 0.494 e. The molecule has 0 aliphatic heterocycles. The lowest BCUT2D eigenvalue weighted by molar-refractivity contribution is 0.317. The van der Waals surface area contributed by atoms with Crippen molar-refractivity contribution in [2.45, 2.75) is 33.6 Å². The maximum absolute atomic E-state index is 5.95. The Kier molecular flexibility index (Phi) is 11.1. The zero-order chi connectivity index (χ0) is 14.8. The number of benzene rings is 1. The van der Waals surface area contributed by atoms with Crippen molar-refractivity contribution in [1.29, 1.82) is 0 Å². The molecule has 0 amide bonds. The zero-order valence-electron chi connectivity index (χ0n) is 13.3. The van der Waals surface area contributed by atoms with Crippen LogP contribution in [0, 0.1) is 0 Å².